The molecule has 3 aromatic carbocycles. The summed E-state index contributed by atoms with van der Waals surface area (Å²) in [5, 5.41) is 6.51. The Morgan fingerprint density at radius 3 is 2.50 bits per heavy atom. The van der Waals surface area contributed by atoms with E-state index in [4.69, 9.17) is 0 Å². The highest BCUT2D eigenvalue weighted by atomic mass is 32.1. The lowest BCUT2D eigenvalue weighted by Crippen LogP contribution is -2.38. The van der Waals surface area contributed by atoms with Crippen molar-refractivity contribution in [3.05, 3.63) is 106 Å². The third kappa shape index (κ3) is 4.58. The van der Waals surface area contributed by atoms with Crippen molar-refractivity contribution >= 4 is 28.0 Å². The number of hydrogen-bond donors (Lipinski definition) is 0. The molecule has 2 atom stereocenters. The number of carbonyl (C=O) groups is 1. The molecule has 0 N–H and O–H groups in total. The summed E-state index contributed by atoms with van der Waals surface area (Å²) in [7, 11) is 0. The molecule has 36 heavy (non-hydrogen) atoms. The summed E-state index contributed by atoms with van der Waals surface area (Å²) in [4.78, 5) is 18.3. The van der Waals surface area contributed by atoms with Gasteiger partial charge < -0.3 is 9.80 Å². The van der Waals surface area contributed by atoms with Crippen LogP contribution in [0.25, 0.3) is 10.8 Å². The van der Waals surface area contributed by atoms with Crippen molar-refractivity contribution in [1.29, 1.82) is 0 Å². The van der Waals surface area contributed by atoms with Gasteiger partial charge in [-0.05, 0) is 88.6 Å². The molecule has 2 fully saturated rings. The Kier molecular flexibility index (Phi) is 6.60. The van der Waals surface area contributed by atoms with E-state index in [0.29, 0.717) is 17.8 Å². The Bertz CT molecular complexity index is 1340. The third-order valence-corrected chi connectivity index (χ3v) is 8.85. The highest BCUT2D eigenvalue weighted by Crippen LogP contribution is 2.37. The summed E-state index contributed by atoms with van der Waals surface area (Å²) in [5.41, 5.74) is 3.00. The molecule has 6 rings (SSSR count). The first-order valence-electron chi connectivity index (χ1n) is 12.9. The van der Waals surface area contributed by atoms with Crippen LogP contribution in [-0.2, 0) is 0 Å². The lowest BCUT2D eigenvalue weighted by atomic mass is 9.87. The molecule has 1 amide bonds. The Balaban J connectivity index is 1.18. The zero-order valence-corrected chi connectivity index (χ0v) is 21.2. The number of rotatable bonds is 5. The maximum absolute atomic E-state index is 14.3. The van der Waals surface area contributed by atoms with Crippen LogP contribution in [0.15, 0.2) is 83.6 Å². The van der Waals surface area contributed by atoms with Gasteiger partial charge in [-0.25, -0.2) is 4.39 Å². The van der Waals surface area contributed by atoms with E-state index in [9.17, 15) is 9.18 Å². The van der Waals surface area contributed by atoms with E-state index in [-0.39, 0.29) is 11.7 Å². The van der Waals surface area contributed by atoms with Crippen LogP contribution in [0.3, 0.4) is 0 Å². The second-order valence-corrected chi connectivity index (χ2v) is 11.0. The number of carbonyl (C=O) groups excluding carboxylic acids is 1. The lowest BCUT2D eigenvalue weighted by Gasteiger charge is -2.34. The van der Waals surface area contributed by atoms with Gasteiger partial charge in [0.2, 0.25) is 0 Å². The van der Waals surface area contributed by atoms with Crippen molar-refractivity contribution in [1.82, 2.24) is 9.80 Å². The molecule has 3 nitrogen and oxygen atoms in total. The van der Waals surface area contributed by atoms with Crippen LogP contribution < -0.4 is 0 Å². The van der Waals surface area contributed by atoms with Gasteiger partial charge in [0.05, 0.1) is 0 Å². The van der Waals surface area contributed by atoms with Crippen molar-refractivity contribution in [2.75, 3.05) is 32.7 Å². The molecule has 0 aliphatic carbocycles. The predicted molar refractivity (Wildman–Crippen MR) is 145 cm³/mol. The van der Waals surface area contributed by atoms with Gasteiger partial charge in [0, 0.05) is 31.1 Å². The topological polar surface area (TPSA) is 23.6 Å². The van der Waals surface area contributed by atoms with Gasteiger partial charge in [0.1, 0.15) is 5.82 Å². The molecule has 2 saturated heterocycles. The minimum Gasteiger partial charge on any atom is -0.338 e. The van der Waals surface area contributed by atoms with E-state index >= 15 is 0 Å². The standard InChI is InChI=1S/C31H31FN2OS/c32-30-11-4-3-9-27(30)23-12-15-33(16-13-23)18-25-19-34(20-29(25)24-14-17-36-21-24)31(35)28-10-5-7-22-6-1-2-8-26(22)28/h1-11,14,17,21,23,25,29H,12-13,15-16,18-20H2. The van der Waals surface area contributed by atoms with Crippen molar-refractivity contribution in [2.45, 2.75) is 24.7 Å². The molecule has 2 aliphatic heterocycles. The first-order chi connectivity index (χ1) is 17.7. The van der Waals surface area contributed by atoms with E-state index in [1.54, 1.807) is 23.5 Å². The lowest BCUT2D eigenvalue weighted by molar-refractivity contribution is 0.0783. The maximum Gasteiger partial charge on any atom is 0.254 e. The Morgan fingerprint density at radius 2 is 1.69 bits per heavy atom. The first kappa shape index (κ1) is 23.4. The zero-order valence-electron chi connectivity index (χ0n) is 20.4. The quantitative estimate of drug-likeness (QED) is 0.303. The second kappa shape index (κ2) is 10.2. The minimum atomic E-state index is -0.0770. The average Bonchev–Trinajstić information content (AvgIpc) is 3.59. The maximum atomic E-state index is 14.3. The molecular formula is C31H31FN2OS. The molecular weight excluding hydrogens is 467 g/mol. The molecule has 0 saturated carbocycles. The van der Waals surface area contributed by atoms with Gasteiger partial charge in [-0.1, -0.05) is 54.6 Å². The smallest absolute Gasteiger partial charge is 0.254 e. The summed E-state index contributed by atoms with van der Waals surface area (Å²) in [6, 6.07) is 23.6. The van der Waals surface area contributed by atoms with E-state index in [0.717, 1.165) is 67.5 Å². The van der Waals surface area contributed by atoms with Crippen molar-refractivity contribution in [3.8, 4) is 0 Å². The molecule has 3 heterocycles. The summed E-state index contributed by atoms with van der Waals surface area (Å²) >= 11 is 1.73. The number of fused-ring (bicyclic) bond motifs is 1. The number of benzene rings is 3. The van der Waals surface area contributed by atoms with Crippen molar-refractivity contribution < 1.29 is 9.18 Å². The number of hydrogen-bond acceptors (Lipinski definition) is 3. The third-order valence-electron chi connectivity index (χ3n) is 8.14. The zero-order chi connectivity index (χ0) is 24.5. The molecule has 0 bridgehead atoms. The van der Waals surface area contributed by atoms with Crippen LogP contribution in [-0.4, -0.2) is 48.4 Å². The van der Waals surface area contributed by atoms with E-state index in [1.165, 1.54) is 5.56 Å². The van der Waals surface area contributed by atoms with Crippen LogP contribution >= 0.6 is 11.3 Å². The minimum absolute atomic E-state index is 0.0770. The number of nitrogens with zero attached hydrogens (tertiary/aromatic N) is 2. The number of thiophene rings is 1. The van der Waals surface area contributed by atoms with E-state index in [1.807, 2.05) is 42.5 Å². The van der Waals surface area contributed by atoms with Gasteiger partial charge in [-0.15, -0.1) is 0 Å². The highest BCUT2D eigenvalue weighted by Gasteiger charge is 2.38. The molecule has 4 aromatic rings. The van der Waals surface area contributed by atoms with Crippen LogP contribution in [0.4, 0.5) is 4.39 Å². The van der Waals surface area contributed by atoms with Gasteiger partial charge in [0.25, 0.3) is 5.91 Å². The van der Waals surface area contributed by atoms with E-state index < -0.39 is 0 Å². The number of amides is 1. The van der Waals surface area contributed by atoms with Crippen molar-refractivity contribution in [3.63, 3.8) is 0 Å². The summed E-state index contributed by atoms with van der Waals surface area (Å²) in [6.07, 6.45) is 1.96. The summed E-state index contributed by atoms with van der Waals surface area (Å²) < 4.78 is 14.3. The number of halogens is 1. The Labute approximate surface area is 216 Å². The molecule has 2 unspecified atom stereocenters. The van der Waals surface area contributed by atoms with Gasteiger partial charge >= 0.3 is 0 Å². The van der Waals surface area contributed by atoms with Crippen LogP contribution in [0, 0.1) is 11.7 Å². The molecule has 1 aromatic heterocycles. The van der Waals surface area contributed by atoms with Crippen molar-refractivity contribution in [2.24, 2.45) is 5.92 Å². The van der Waals surface area contributed by atoms with Gasteiger partial charge in [0.15, 0.2) is 0 Å². The molecule has 0 radical (unpaired) electrons. The van der Waals surface area contributed by atoms with E-state index in [2.05, 4.69) is 38.8 Å². The fourth-order valence-electron chi connectivity index (χ4n) is 6.23. The normalized spacial score (nSPS) is 21.3. The molecule has 0 spiro atoms. The van der Waals surface area contributed by atoms with Crippen LogP contribution in [0.5, 0.6) is 0 Å². The molecule has 184 valence electrons. The monoisotopic (exact) mass is 498 g/mol. The largest absolute Gasteiger partial charge is 0.338 e. The molecule has 2 aliphatic rings. The van der Waals surface area contributed by atoms with Gasteiger partial charge in [-0.2, -0.15) is 11.3 Å². The number of likely N-dealkylation sites (tertiary alicyclic amines) is 2. The Morgan fingerprint density at radius 1 is 0.917 bits per heavy atom. The second-order valence-electron chi connectivity index (χ2n) is 10.3. The average molecular weight is 499 g/mol. The van der Waals surface area contributed by atoms with Crippen LogP contribution in [0.1, 0.15) is 46.2 Å². The number of piperidine rings is 1. The predicted octanol–water partition coefficient (Wildman–Crippen LogP) is 6.78. The summed E-state index contributed by atoms with van der Waals surface area (Å²) in [6.45, 7) is 4.46. The fourth-order valence-corrected chi connectivity index (χ4v) is 6.96. The first-order valence-corrected chi connectivity index (χ1v) is 13.9. The SMILES string of the molecule is O=C(c1cccc2ccccc12)N1CC(CN2CCC(c3ccccc3F)CC2)C(c2ccsc2)C1. The Hall–Kier alpha value is -3.02. The fraction of sp³-hybridized carbons (Fsp3) is 0.323. The summed E-state index contributed by atoms with van der Waals surface area (Å²) in [5.74, 6) is 1.09. The molecule has 5 heteroatoms. The van der Waals surface area contributed by atoms with Crippen LogP contribution in [0.2, 0.25) is 0 Å². The highest BCUT2D eigenvalue weighted by molar-refractivity contribution is 7.08. The van der Waals surface area contributed by atoms with Gasteiger partial charge in [-0.3, -0.25) is 4.79 Å².